The highest BCUT2D eigenvalue weighted by Crippen LogP contribution is 2.49. The molecule has 0 amide bonds. The van der Waals surface area contributed by atoms with Gasteiger partial charge in [0.05, 0.1) is 13.2 Å². The van der Waals surface area contributed by atoms with Gasteiger partial charge in [-0.05, 0) is 37.0 Å². The monoisotopic (exact) mass is 266 g/mol. The first-order chi connectivity index (χ1) is 9.08. The Balaban J connectivity index is 1.81. The van der Waals surface area contributed by atoms with Gasteiger partial charge in [-0.1, -0.05) is 12.2 Å². The first kappa shape index (κ1) is 14.1. The van der Waals surface area contributed by atoms with Crippen LogP contribution in [0.4, 0.5) is 0 Å². The molecule has 4 unspecified atom stereocenters. The fourth-order valence-electron chi connectivity index (χ4n) is 3.45. The summed E-state index contributed by atoms with van der Waals surface area (Å²) in [6, 6.07) is 0. The molecule has 4 atom stereocenters. The molecule has 0 aromatic carbocycles. The molecule has 0 N–H and O–H groups in total. The summed E-state index contributed by atoms with van der Waals surface area (Å²) in [7, 11) is 0. The molecule has 2 aliphatic carbocycles. The Bertz CT molecular complexity index is 374. The van der Waals surface area contributed by atoms with Crippen molar-refractivity contribution < 1.29 is 19.1 Å². The minimum absolute atomic E-state index is 0.203. The highest BCUT2D eigenvalue weighted by atomic mass is 16.5. The van der Waals surface area contributed by atoms with E-state index in [2.05, 4.69) is 12.2 Å². The second kappa shape index (κ2) is 6.22. The molecule has 0 spiro atoms. The molecule has 0 aliphatic heterocycles. The summed E-state index contributed by atoms with van der Waals surface area (Å²) in [6.45, 7) is 3.91. The van der Waals surface area contributed by atoms with Gasteiger partial charge in [0, 0.05) is 19.8 Å². The molecule has 1 fully saturated rings. The molecular weight excluding hydrogens is 244 g/mol. The van der Waals surface area contributed by atoms with Crippen LogP contribution in [0, 0.1) is 23.7 Å². The van der Waals surface area contributed by atoms with Gasteiger partial charge in [0.25, 0.3) is 0 Å². The van der Waals surface area contributed by atoms with E-state index in [9.17, 15) is 9.59 Å². The van der Waals surface area contributed by atoms with Crippen molar-refractivity contribution in [1.82, 2.24) is 0 Å². The Labute approximate surface area is 114 Å². The number of carbonyl (C=O) groups is 2. The average molecular weight is 266 g/mol. The van der Waals surface area contributed by atoms with E-state index in [1.54, 1.807) is 0 Å². The molecule has 2 aliphatic rings. The number of allylic oxidation sites excluding steroid dienone is 2. The summed E-state index contributed by atoms with van der Waals surface area (Å²) in [5.41, 5.74) is 0. The Morgan fingerprint density at radius 1 is 1.05 bits per heavy atom. The Morgan fingerprint density at radius 3 is 2.32 bits per heavy atom. The lowest BCUT2D eigenvalue weighted by molar-refractivity contribution is -0.144. The molecule has 4 nitrogen and oxygen atoms in total. The molecule has 1 saturated carbocycles. The van der Waals surface area contributed by atoms with E-state index < -0.39 is 0 Å². The zero-order valence-corrected chi connectivity index (χ0v) is 11.6. The third-order valence-electron chi connectivity index (χ3n) is 4.27. The minimum atomic E-state index is -0.218. The van der Waals surface area contributed by atoms with Crippen LogP contribution in [-0.4, -0.2) is 25.2 Å². The van der Waals surface area contributed by atoms with E-state index in [0.29, 0.717) is 36.9 Å². The summed E-state index contributed by atoms with van der Waals surface area (Å²) in [4.78, 5) is 21.7. The molecule has 4 heteroatoms. The van der Waals surface area contributed by atoms with Crippen molar-refractivity contribution in [3.63, 3.8) is 0 Å². The van der Waals surface area contributed by atoms with Crippen LogP contribution in [0.1, 0.15) is 33.1 Å². The number of hydrogen-bond acceptors (Lipinski definition) is 4. The van der Waals surface area contributed by atoms with E-state index in [4.69, 9.17) is 9.47 Å². The molecule has 0 heterocycles. The van der Waals surface area contributed by atoms with Gasteiger partial charge < -0.3 is 9.47 Å². The van der Waals surface area contributed by atoms with Crippen LogP contribution in [0.2, 0.25) is 0 Å². The standard InChI is InChI=1S/C15H22O4/c1-10(16)18-7-3-4-14-12-5-6-13(8-12)15(14)9-19-11(2)17/h5-6,12-15H,3-4,7-9H2,1-2H3. The van der Waals surface area contributed by atoms with Crippen molar-refractivity contribution >= 4 is 11.9 Å². The predicted octanol–water partition coefficient (Wildman–Crippen LogP) is 2.33. The van der Waals surface area contributed by atoms with Crippen molar-refractivity contribution in [1.29, 1.82) is 0 Å². The first-order valence-electron chi connectivity index (χ1n) is 7.03. The van der Waals surface area contributed by atoms with Crippen molar-refractivity contribution in [3.05, 3.63) is 12.2 Å². The zero-order valence-electron chi connectivity index (χ0n) is 11.6. The summed E-state index contributed by atoms with van der Waals surface area (Å²) in [6.07, 6.45) is 7.67. The molecule has 19 heavy (non-hydrogen) atoms. The molecule has 0 aromatic heterocycles. The highest BCUT2D eigenvalue weighted by molar-refractivity contribution is 5.66. The van der Waals surface area contributed by atoms with E-state index in [0.717, 1.165) is 12.8 Å². The SMILES string of the molecule is CC(=O)OCCCC1C2C=CC(C2)C1COC(C)=O. The number of esters is 2. The van der Waals surface area contributed by atoms with Gasteiger partial charge in [-0.3, -0.25) is 9.59 Å². The fourth-order valence-corrected chi connectivity index (χ4v) is 3.45. The minimum Gasteiger partial charge on any atom is -0.466 e. The van der Waals surface area contributed by atoms with E-state index >= 15 is 0 Å². The van der Waals surface area contributed by atoms with Crippen molar-refractivity contribution in [2.45, 2.75) is 33.1 Å². The topological polar surface area (TPSA) is 52.6 Å². The van der Waals surface area contributed by atoms with Crippen LogP contribution in [0.15, 0.2) is 12.2 Å². The van der Waals surface area contributed by atoms with Crippen LogP contribution < -0.4 is 0 Å². The Kier molecular flexibility index (Phi) is 4.61. The van der Waals surface area contributed by atoms with Gasteiger partial charge in [0.15, 0.2) is 0 Å². The van der Waals surface area contributed by atoms with Gasteiger partial charge >= 0.3 is 11.9 Å². The fraction of sp³-hybridized carbons (Fsp3) is 0.733. The van der Waals surface area contributed by atoms with Crippen molar-refractivity contribution in [2.75, 3.05) is 13.2 Å². The van der Waals surface area contributed by atoms with Crippen LogP contribution in [0.3, 0.4) is 0 Å². The lowest BCUT2D eigenvalue weighted by Crippen LogP contribution is -2.25. The lowest BCUT2D eigenvalue weighted by atomic mass is 9.81. The Morgan fingerprint density at radius 2 is 1.68 bits per heavy atom. The van der Waals surface area contributed by atoms with Crippen molar-refractivity contribution in [2.24, 2.45) is 23.7 Å². The maximum atomic E-state index is 11.0. The van der Waals surface area contributed by atoms with E-state index in [-0.39, 0.29) is 11.9 Å². The van der Waals surface area contributed by atoms with E-state index in [1.807, 2.05) is 0 Å². The molecule has 0 radical (unpaired) electrons. The largest absolute Gasteiger partial charge is 0.466 e. The molecule has 106 valence electrons. The first-order valence-corrected chi connectivity index (χ1v) is 7.03. The predicted molar refractivity (Wildman–Crippen MR) is 70.2 cm³/mol. The zero-order chi connectivity index (χ0) is 13.8. The van der Waals surface area contributed by atoms with Gasteiger partial charge in [0.2, 0.25) is 0 Å². The highest BCUT2D eigenvalue weighted by Gasteiger charge is 2.44. The molecule has 2 bridgehead atoms. The smallest absolute Gasteiger partial charge is 0.302 e. The van der Waals surface area contributed by atoms with Crippen LogP contribution in [-0.2, 0) is 19.1 Å². The Hall–Kier alpha value is -1.32. The lowest BCUT2D eigenvalue weighted by Gasteiger charge is -2.27. The number of ether oxygens (including phenoxy) is 2. The molecule has 0 saturated heterocycles. The second-order valence-electron chi connectivity index (χ2n) is 5.56. The van der Waals surface area contributed by atoms with Crippen LogP contribution >= 0.6 is 0 Å². The quantitative estimate of drug-likeness (QED) is 0.420. The molecule has 2 rings (SSSR count). The van der Waals surface area contributed by atoms with Crippen LogP contribution in [0.5, 0.6) is 0 Å². The second-order valence-corrected chi connectivity index (χ2v) is 5.56. The molecule has 0 aromatic rings. The van der Waals surface area contributed by atoms with E-state index in [1.165, 1.54) is 20.3 Å². The van der Waals surface area contributed by atoms with Crippen LogP contribution in [0.25, 0.3) is 0 Å². The normalized spacial score (nSPS) is 31.5. The maximum Gasteiger partial charge on any atom is 0.302 e. The summed E-state index contributed by atoms with van der Waals surface area (Å²) in [5, 5.41) is 0. The number of rotatable bonds is 6. The van der Waals surface area contributed by atoms with Gasteiger partial charge in [-0.15, -0.1) is 0 Å². The third kappa shape index (κ3) is 3.58. The summed E-state index contributed by atoms with van der Waals surface area (Å²) in [5.74, 6) is 1.75. The summed E-state index contributed by atoms with van der Waals surface area (Å²) >= 11 is 0. The van der Waals surface area contributed by atoms with Gasteiger partial charge in [-0.2, -0.15) is 0 Å². The van der Waals surface area contributed by atoms with Gasteiger partial charge in [0.1, 0.15) is 0 Å². The average Bonchev–Trinajstić information content (AvgIpc) is 2.92. The number of hydrogen-bond donors (Lipinski definition) is 0. The van der Waals surface area contributed by atoms with Crippen molar-refractivity contribution in [3.8, 4) is 0 Å². The maximum absolute atomic E-state index is 11.0. The number of carbonyl (C=O) groups excluding carboxylic acids is 2. The van der Waals surface area contributed by atoms with Gasteiger partial charge in [-0.25, -0.2) is 0 Å². The third-order valence-corrected chi connectivity index (χ3v) is 4.27. The summed E-state index contributed by atoms with van der Waals surface area (Å²) < 4.78 is 10.2. The molecular formula is C15H22O4. The number of fused-ring (bicyclic) bond motifs is 2.